The zero-order valence-corrected chi connectivity index (χ0v) is 11.3. The first-order chi connectivity index (χ1) is 10.3. The van der Waals surface area contributed by atoms with Crippen LogP contribution in [0.3, 0.4) is 0 Å². The van der Waals surface area contributed by atoms with Gasteiger partial charge in [-0.3, -0.25) is 0 Å². The van der Waals surface area contributed by atoms with E-state index < -0.39 is 36.7 Å². The van der Waals surface area contributed by atoms with Gasteiger partial charge in [-0.25, -0.2) is 13.6 Å². The number of hydrogen-bond acceptors (Lipinski definition) is 3. The van der Waals surface area contributed by atoms with Crippen LogP contribution in [0, 0.1) is 11.8 Å². The lowest BCUT2D eigenvalue weighted by Crippen LogP contribution is -2.39. The molecule has 0 atom stereocenters. The van der Waals surface area contributed by atoms with E-state index in [1.807, 2.05) is 11.8 Å². The molecular weight excluding hydrogens is 311 g/mol. The molecule has 0 aliphatic rings. The number of hydrogen-bond donors (Lipinski definition) is 0. The highest BCUT2D eigenvalue weighted by molar-refractivity contribution is 5.88. The van der Waals surface area contributed by atoms with Crippen LogP contribution in [-0.4, -0.2) is 32.0 Å². The van der Waals surface area contributed by atoms with Crippen molar-refractivity contribution in [1.29, 1.82) is 0 Å². The van der Waals surface area contributed by atoms with E-state index in [4.69, 9.17) is 4.74 Å². The van der Waals surface area contributed by atoms with Crippen LogP contribution in [0.5, 0.6) is 5.75 Å². The van der Waals surface area contributed by atoms with E-state index in [1.54, 1.807) is 0 Å². The Bertz CT molecular complexity index is 565. The number of benzene rings is 1. The van der Waals surface area contributed by atoms with Gasteiger partial charge in [0.1, 0.15) is 19.1 Å². The summed E-state index contributed by atoms with van der Waals surface area (Å²) < 4.78 is 72.4. The fraction of sp³-hybridized carbons (Fsp3) is 0.357. The van der Waals surface area contributed by atoms with Crippen LogP contribution < -0.4 is 4.74 Å². The summed E-state index contributed by atoms with van der Waals surface area (Å²) in [6.07, 6.45) is -4.54. The third-order valence-corrected chi connectivity index (χ3v) is 2.50. The second kappa shape index (κ2) is 7.11. The first-order valence-electron chi connectivity index (χ1n) is 5.85. The van der Waals surface area contributed by atoms with Gasteiger partial charge in [0.15, 0.2) is 0 Å². The lowest BCUT2D eigenvalue weighted by molar-refractivity contribution is -0.137. The van der Waals surface area contributed by atoms with Crippen molar-refractivity contribution in [3.63, 3.8) is 0 Å². The molecule has 0 spiro atoms. The zero-order valence-electron chi connectivity index (χ0n) is 11.3. The van der Waals surface area contributed by atoms with Gasteiger partial charge < -0.3 is 9.47 Å². The number of carbonyl (C=O) groups is 1. The molecule has 3 nitrogen and oxygen atoms in total. The normalized spacial score (nSPS) is 11.4. The fourth-order valence-corrected chi connectivity index (χ4v) is 1.34. The van der Waals surface area contributed by atoms with E-state index in [2.05, 4.69) is 4.74 Å². The minimum absolute atomic E-state index is 0.220. The van der Waals surface area contributed by atoms with E-state index >= 15 is 0 Å². The van der Waals surface area contributed by atoms with E-state index in [9.17, 15) is 26.7 Å². The van der Waals surface area contributed by atoms with Gasteiger partial charge in [-0.05, 0) is 30.2 Å². The Morgan fingerprint density at radius 2 is 1.68 bits per heavy atom. The lowest BCUT2D eigenvalue weighted by atomic mass is 10.1. The Morgan fingerprint density at radius 1 is 1.14 bits per heavy atom. The molecule has 1 aromatic carbocycles. The highest BCUT2D eigenvalue weighted by atomic mass is 19.4. The van der Waals surface area contributed by atoms with E-state index in [0.717, 1.165) is 19.2 Å². The smallest absolute Gasteiger partial charge is 0.416 e. The molecule has 8 heteroatoms. The van der Waals surface area contributed by atoms with Crippen molar-refractivity contribution < 1.29 is 36.2 Å². The van der Waals surface area contributed by atoms with E-state index in [-0.39, 0.29) is 5.75 Å². The van der Waals surface area contributed by atoms with Crippen LogP contribution >= 0.6 is 0 Å². The predicted molar refractivity (Wildman–Crippen MR) is 66.5 cm³/mol. The van der Waals surface area contributed by atoms with E-state index in [1.165, 1.54) is 0 Å². The number of carbonyl (C=O) groups excluding carboxylic acids is 1. The fourth-order valence-electron chi connectivity index (χ4n) is 1.34. The van der Waals surface area contributed by atoms with Crippen LogP contribution in [0.1, 0.15) is 5.56 Å². The molecule has 0 saturated carbocycles. The summed E-state index contributed by atoms with van der Waals surface area (Å²) >= 11 is 0. The molecule has 0 bridgehead atoms. The number of methoxy groups -OCH3 is 1. The first kappa shape index (κ1) is 17.8. The summed E-state index contributed by atoms with van der Waals surface area (Å²) in [5.41, 5.74) is -3.22. The lowest BCUT2D eigenvalue weighted by Gasteiger charge is -2.23. The minimum Gasteiger partial charge on any atom is -0.469 e. The molecule has 0 unspecified atom stereocenters. The minimum atomic E-state index is -4.54. The van der Waals surface area contributed by atoms with Crippen molar-refractivity contribution in [2.24, 2.45) is 0 Å². The largest absolute Gasteiger partial charge is 0.469 e. The molecule has 0 aliphatic carbocycles. The second-order valence-electron chi connectivity index (χ2n) is 4.13. The van der Waals surface area contributed by atoms with Crippen LogP contribution in [0.2, 0.25) is 0 Å². The average Bonchev–Trinajstić information content (AvgIpc) is 2.50. The average molecular weight is 322 g/mol. The number of halogens is 5. The van der Waals surface area contributed by atoms with Gasteiger partial charge in [0.05, 0.1) is 12.7 Å². The quantitative estimate of drug-likeness (QED) is 0.370. The molecule has 1 aromatic rings. The molecule has 0 aliphatic heterocycles. The Balaban J connectivity index is 3.00. The number of ether oxygens (including phenoxy) is 2. The van der Waals surface area contributed by atoms with Crippen LogP contribution in [-0.2, 0) is 15.7 Å². The third kappa shape index (κ3) is 4.62. The Kier molecular flexibility index (Phi) is 5.74. The monoisotopic (exact) mass is 322 g/mol. The maximum Gasteiger partial charge on any atom is 0.416 e. The van der Waals surface area contributed by atoms with Crippen LogP contribution in [0.15, 0.2) is 24.3 Å². The van der Waals surface area contributed by atoms with E-state index in [0.29, 0.717) is 12.1 Å². The Labute approximate surface area is 123 Å². The van der Waals surface area contributed by atoms with Crippen molar-refractivity contribution >= 4 is 5.97 Å². The van der Waals surface area contributed by atoms with Crippen molar-refractivity contribution in [3.05, 3.63) is 29.8 Å². The van der Waals surface area contributed by atoms with Gasteiger partial charge in [-0.2, -0.15) is 13.2 Å². The van der Waals surface area contributed by atoms with Crippen molar-refractivity contribution in [2.45, 2.75) is 11.8 Å². The Hall–Kier alpha value is -2.30. The highest BCUT2D eigenvalue weighted by Gasteiger charge is 2.33. The van der Waals surface area contributed by atoms with Gasteiger partial charge in [0.2, 0.25) is 5.60 Å². The highest BCUT2D eigenvalue weighted by Crippen LogP contribution is 2.31. The standard InChI is InChI=1S/C14H11F5O3/c1-21-12(20)6-7-13(8-15,9-16)22-11-4-2-10(3-5-11)14(17,18)19/h2-5H,8-9H2,1H3. The van der Waals surface area contributed by atoms with Crippen molar-refractivity contribution in [1.82, 2.24) is 0 Å². The van der Waals surface area contributed by atoms with Gasteiger partial charge in [-0.15, -0.1) is 0 Å². The molecule has 1 rings (SSSR count). The van der Waals surface area contributed by atoms with Gasteiger partial charge in [0, 0.05) is 5.92 Å². The summed E-state index contributed by atoms with van der Waals surface area (Å²) in [6.45, 7) is -2.82. The van der Waals surface area contributed by atoms with Gasteiger partial charge in [-0.1, -0.05) is 0 Å². The summed E-state index contributed by atoms with van der Waals surface area (Å²) in [4.78, 5) is 10.9. The maximum absolute atomic E-state index is 13.0. The molecule has 0 amide bonds. The predicted octanol–water partition coefficient (Wildman–Crippen LogP) is 2.94. The van der Waals surface area contributed by atoms with Crippen LogP contribution in [0.4, 0.5) is 22.0 Å². The topological polar surface area (TPSA) is 35.5 Å². The Morgan fingerprint density at radius 3 is 2.09 bits per heavy atom. The number of esters is 1. The zero-order chi connectivity index (χ0) is 16.8. The SMILES string of the molecule is COC(=O)C#CC(CF)(CF)Oc1ccc(C(F)(F)F)cc1. The molecule has 22 heavy (non-hydrogen) atoms. The molecule has 0 aromatic heterocycles. The van der Waals surface area contributed by atoms with Crippen LogP contribution in [0.25, 0.3) is 0 Å². The molecule has 120 valence electrons. The van der Waals surface area contributed by atoms with Crippen molar-refractivity contribution in [3.8, 4) is 17.6 Å². The first-order valence-corrected chi connectivity index (χ1v) is 5.85. The molecular formula is C14H11F5O3. The summed E-state index contributed by atoms with van der Waals surface area (Å²) in [7, 11) is 1.03. The summed E-state index contributed by atoms with van der Waals surface area (Å²) in [5, 5.41) is 0. The molecule has 0 N–H and O–H groups in total. The van der Waals surface area contributed by atoms with Gasteiger partial charge in [0.25, 0.3) is 0 Å². The van der Waals surface area contributed by atoms with Gasteiger partial charge >= 0.3 is 12.1 Å². The summed E-state index contributed by atoms with van der Waals surface area (Å²) in [5.74, 6) is 2.55. The second-order valence-corrected chi connectivity index (χ2v) is 4.13. The van der Waals surface area contributed by atoms with Crippen molar-refractivity contribution in [2.75, 3.05) is 20.5 Å². The molecule has 0 heterocycles. The number of rotatable bonds is 4. The number of alkyl halides is 5. The molecule has 0 saturated heterocycles. The molecule has 0 fully saturated rings. The summed E-state index contributed by atoms with van der Waals surface area (Å²) in [6, 6.07) is 3.21. The third-order valence-electron chi connectivity index (χ3n) is 2.50. The molecule has 0 radical (unpaired) electrons. The maximum atomic E-state index is 13.0.